The first kappa shape index (κ1) is 13.4. The number of aliphatic hydroxyl groups excluding tert-OH is 1. The lowest BCUT2D eigenvalue weighted by atomic mass is 10.0. The quantitative estimate of drug-likeness (QED) is 0.656. The van der Waals surface area contributed by atoms with Crippen molar-refractivity contribution in [2.45, 2.75) is 40.0 Å². The van der Waals surface area contributed by atoms with Crippen LogP contribution in [0.2, 0.25) is 0 Å². The van der Waals surface area contributed by atoms with E-state index in [1.54, 1.807) is 0 Å². The van der Waals surface area contributed by atoms with Crippen molar-refractivity contribution in [2.24, 2.45) is 11.8 Å². The summed E-state index contributed by atoms with van der Waals surface area (Å²) in [6.07, 6.45) is 2.37. The van der Waals surface area contributed by atoms with Crippen molar-refractivity contribution in [2.75, 3.05) is 13.2 Å². The summed E-state index contributed by atoms with van der Waals surface area (Å²) in [6, 6.07) is 0. The van der Waals surface area contributed by atoms with E-state index in [0.717, 1.165) is 12.8 Å². The van der Waals surface area contributed by atoms with Gasteiger partial charge in [-0.05, 0) is 18.3 Å². The second kappa shape index (κ2) is 7.80. The van der Waals surface area contributed by atoms with E-state index in [9.17, 15) is 4.79 Å². The molecule has 0 fully saturated rings. The minimum absolute atomic E-state index is 0.122. The van der Waals surface area contributed by atoms with Gasteiger partial charge in [0.2, 0.25) is 5.91 Å². The van der Waals surface area contributed by atoms with Crippen LogP contribution in [-0.2, 0) is 4.79 Å². The minimum atomic E-state index is 0.122. The largest absolute Gasteiger partial charge is 0.396 e. The van der Waals surface area contributed by atoms with Gasteiger partial charge in [0.05, 0.1) is 0 Å². The Balaban J connectivity index is 3.62. The molecule has 14 heavy (non-hydrogen) atoms. The van der Waals surface area contributed by atoms with E-state index in [1.807, 2.05) is 13.8 Å². The molecule has 0 saturated heterocycles. The van der Waals surface area contributed by atoms with Gasteiger partial charge in [0, 0.05) is 19.6 Å². The second-order valence-electron chi connectivity index (χ2n) is 4.19. The van der Waals surface area contributed by atoms with Crippen LogP contribution < -0.4 is 5.32 Å². The van der Waals surface area contributed by atoms with E-state index in [4.69, 9.17) is 5.11 Å². The smallest absolute Gasteiger partial charge is 0.220 e. The highest BCUT2D eigenvalue weighted by Gasteiger charge is 2.08. The molecule has 0 heterocycles. The topological polar surface area (TPSA) is 49.3 Å². The molecular weight excluding hydrogens is 178 g/mol. The lowest BCUT2D eigenvalue weighted by Gasteiger charge is -2.14. The third kappa shape index (κ3) is 6.89. The first-order valence-corrected chi connectivity index (χ1v) is 5.47. The predicted octanol–water partition coefficient (Wildman–Crippen LogP) is 1.56. The molecule has 84 valence electrons. The molecule has 1 amide bonds. The van der Waals surface area contributed by atoms with Crippen LogP contribution in [0.5, 0.6) is 0 Å². The molecule has 0 aromatic carbocycles. The highest BCUT2D eigenvalue weighted by Crippen LogP contribution is 2.06. The Kier molecular flexibility index (Phi) is 7.48. The van der Waals surface area contributed by atoms with Gasteiger partial charge in [-0.1, -0.05) is 27.2 Å². The Morgan fingerprint density at radius 2 is 2.07 bits per heavy atom. The zero-order chi connectivity index (χ0) is 11.0. The summed E-state index contributed by atoms with van der Waals surface area (Å²) in [5, 5.41) is 11.7. The number of carbonyl (C=O) groups is 1. The monoisotopic (exact) mass is 201 g/mol. The summed E-state index contributed by atoms with van der Waals surface area (Å²) >= 11 is 0. The van der Waals surface area contributed by atoms with Gasteiger partial charge in [0.1, 0.15) is 0 Å². The molecule has 0 aliphatic rings. The van der Waals surface area contributed by atoms with E-state index in [2.05, 4.69) is 12.2 Å². The van der Waals surface area contributed by atoms with E-state index in [1.165, 1.54) is 0 Å². The fourth-order valence-electron chi connectivity index (χ4n) is 1.33. The molecule has 3 nitrogen and oxygen atoms in total. The Hall–Kier alpha value is -0.570. The molecule has 0 rings (SSSR count). The van der Waals surface area contributed by atoms with Gasteiger partial charge in [-0.2, -0.15) is 0 Å². The zero-order valence-electron chi connectivity index (χ0n) is 9.55. The molecular formula is C11H23NO2. The van der Waals surface area contributed by atoms with Gasteiger partial charge in [-0.3, -0.25) is 4.79 Å². The highest BCUT2D eigenvalue weighted by molar-refractivity contribution is 5.76. The standard InChI is InChI=1S/C11H23NO2/c1-4-10(5-6-13)8-12-11(14)7-9(2)3/h9-10,13H,4-8H2,1-3H3,(H,12,14). The number of amides is 1. The van der Waals surface area contributed by atoms with Crippen LogP contribution in [0.3, 0.4) is 0 Å². The van der Waals surface area contributed by atoms with Crippen molar-refractivity contribution < 1.29 is 9.90 Å². The van der Waals surface area contributed by atoms with E-state index < -0.39 is 0 Å². The Bertz CT molecular complexity index is 157. The molecule has 3 heteroatoms. The number of nitrogens with one attached hydrogen (secondary N) is 1. The molecule has 0 aliphatic carbocycles. The maximum Gasteiger partial charge on any atom is 0.220 e. The molecule has 0 aromatic heterocycles. The molecule has 0 aliphatic heterocycles. The van der Waals surface area contributed by atoms with E-state index in [0.29, 0.717) is 24.8 Å². The summed E-state index contributed by atoms with van der Waals surface area (Å²) in [4.78, 5) is 11.3. The predicted molar refractivity (Wildman–Crippen MR) is 57.9 cm³/mol. The van der Waals surface area contributed by atoms with Crippen LogP contribution in [0.4, 0.5) is 0 Å². The average Bonchev–Trinajstić information content (AvgIpc) is 2.11. The van der Waals surface area contributed by atoms with Gasteiger partial charge >= 0.3 is 0 Å². The van der Waals surface area contributed by atoms with Crippen LogP contribution in [-0.4, -0.2) is 24.2 Å². The van der Waals surface area contributed by atoms with Crippen molar-refractivity contribution in [1.82, 2.24) is 5.32 Å². The maximum absolute atomic E-state index is 11.3. The lowest BCUT2D eigenvalue weighted by Crippen LogP contribution is -2.30. The summed E-state index contributed by atoms with van der Waals surface area (Å²) in [5.74, 6) is 0.945. The van der Waals surface area contributed by atoms with Gasteiger partial charge in [-0.15, -0.1) is 0 Å². The van der Waals surface area contributed by atoms with Gasteiger partial charge < -0.3 is 10.4 Å². The lowest BCUT2D eigenvalue weighted by molar-refractivity contribution is -0.122. The molecule has 1 unspecified atom stereocenters. The van der Waals surface area contributed by atoms with Crippen LogP contribution >= 0.6 is 0 Å². The van der Waals surface area contributed by atoms with Gasteiger partial charge in [-0.25, -0.2) is 0 Å². The first-order valence-electron chi connectivity index (χ1n) is 5.47. The molecule has 1 atom stereocenters. The molecule has 2 N–H and O–H groups in total. The number of aliphatic hydroxyl groups is 1. The fraction of sp³-hybridized carbons (Fsp3) is 0.909. The van der Waals surface area contributed by atoms with Crippen molar-refractivity contribution in [3.8, 4) is 0 Å². The second-order valence-corrected chi connectivity index (χ2v) is 4.19. The highest BCUT2D eigenvalue weighted by atomic mass is 16.3. The van der Waals surface area contributed by atoms with Crippen molar-refractivity contribution in [3.05, 3.63) is 0 Å². The number of rotatable bonds is 7. The fourth-order valence-corrected chi connectivity index (χ4v) is 1.33. The van der Waals surface area contributed by atoms with Crippen LogP contribution in [0.25, 0.3) is 0 Å². The SMILES string of the molecule is CCC(CCO)CNC(=O)CC(C)C. The van der Waals surface area contributed by atoms with E-state index in [-0.39, 0.29) is 12.5 Å². The van der Waals surface area contributed by atoms with Gasteiger partial charge in [0.15, 0.2) is 0 Å². The zero-order valence-corrected chi connectivity index (χ0v) is 9.55. The van der Waals surface area contributed by atoms with Crippen LogP contribution in [0.15, 0.2) is 0 Å². The molecule has 0 saturated carbocycles. The summed E-state index contributed by atoms with van der Waals surface area (Å²) in [7, 11) is 0. The summed E-state index contributed by atoms with van der Waals surface area (Å²) < 4.78 is 0. The Morgan fingerprint density at radius 3 is 2.50 bits per heavy atom. The first-order chi connectivity index (χ1) is 6.60. The summed E-state index contributed by atoms with van der Waals surface area (Å²) in [6.45, 7) is 7.05. The number of hydrogen-bond acceptors (Lipinski definition) is 2. The van der Waals surface area contributed by atoms with Gasteiger partial charge in [0.25, 0.3) is 0 Å². The van der Waals surface area contributed by atoms with Crippen LogP contribution in [0.1, 0.15) is 40.0 Å². The minimum Gasteiger partial charge on any atom is -0.396 e. The van der Waals surface area contributed by atoms with Crippen LogP contribution in [0, 0.1) is 11.8 Å². The van der Waals surface area contributed by atoms with E-state index >= 15 is 0 Å². The van der Waals surface area contributed by atoms with Crippen molar-refractivity contribution in [1.29, 1.82) is 0 Å². The Labute approximate surface area is 86.9 Å². The normalized spacial score (nSPS) is 12.9. The third-order valence-electron chi connectivity index (χ3n) is 2.30. The maximum atomic E-state index is 11.3. The molecule has 0 spiro atoms. The summed E-state index contributed by atoms with van der Waals surface area (Å²) in [5.41, 5.74) is 0. The number of carbonyl (C=O) groups excluding carboxylic acids is 1. The van der Waals surface area contributed by atoms with Crippen molar-refractivity contribution >= 4 is 5.91 Å². The molecule has 0 bridgehead atoms. The number of hydrogen-bond donors (Lipinski definition) is 2. The third-order valence-corrected chi connectivity index (χ3v) is 2.30. The molecule has 0 radical (unpaired) electrons. The van der Waals surface area contributed by atoms with Crippen molar-refractivity contribution in [3.63, 3.8) is 0 Å². The average molecular weight is 201 g/mol. The molecule has 0 aromatic rings. The Morgan fingerprint density at radius 1 is 1.43 bits per heavy atom.